The van der Waals surface area contributed by atoms with E-state index in [9.17, 15) is 14.7 Å². The van der Waals surface area contributed by atoms with Crippen LogP contribution < -0.4 is 19.7 Å². The smallest absolute Gasteiger partial charge is 0.417 e. The summed E-state index contributed by atoms with van der Waals surface area (Å²) >= 11 is 0. The molecule has 34 heavy (non-hydrogen) atoms. The predicted molar refractivity (Wildman–Crippen MR) is 125 cm³/mol. The molecule has 1 fully saturated rings. The van der Waals surface area contributed by atoms with Gasteiger partial charge in [-0.2, -0.15) is 0 Å². The van der Waals surface area contributed by atoms with Crippen LogP contribution in [-0.4, -0.2) is 60.0 Å². The van der Waals surface area contributed by atoms with Crippen molar-refractivity contribution in [1.82, 2.24) is 9.97 Å². The van der Waals surface area contributed by atoms with Crippen molar-refractivity contribution in [1.29, 1.82) is 0 Å². The van der Waals surface area contributed by atoms with Crippen LogP contribution in [0.3, 0.4) is 0 Å². The van der Waals surface area contributed by atoms with E-state index >= 15 is 0 Å². The lowest BCUT2D eigenvalue weighted by molar-refractivity contribution is 0.0685. The lowest BCUT2D eigenvalue weighted by atomic mass is 10.2. The number of morpholine rings is 1. The number of ether oxygens (including phenoxy) is 3. The van der Waals surface area contributed by atoms with Crippen molar-refractivity contribution in [3.05, 3.63) is 60.3 Å². The number of carboxylic acids is 1. The van der Waals surface area contributed by atoms with E-state index in [4.69, 9.17) is 14.2 Å². The molecule has 3 aromatic rings. The molecule has 2 heterocycles. The molecule has 176 valence electrons. The number of carbonyl (C=O) groups is 2. The quantitative estimate of drug-likeness (QED) is 0.539. The van der Waals surface area contributed by atoms with E-state index in [2.05, 4.69) is 15.3 Å². The third kappa shape index (κ3) is 5.41. The van der Waals surface area contributed by atoms with Gasteiger partial charge in [0.05, 0.1) is 19.8 Å². The standard InChI is InChI=1S/C24H24N4O6/c1-2-33-20-19(23(29)30)26-21(27-22(20)28-12-14-32-15-13-28)16-8-10-17(11-9-16)25-24(31)34-18-6-4-3-5-7-18/h3-11H,2,12-15H2,1H3,(H,25,31)(H,29,30). The van der Waals surface area contributed by atoms with Gasteiger partial charge in [-0.3, -0.25) is 5.32 Å². The van der Waals surface area contributed by atoms with Crippen molar-refractivity contribution >= 4 is 23.6 Å². The molecule has 1 saturated heterocycles. The fourth-order valence-corrected chi connectivity index (χ4v) is 3.42. The number of nitrogens with one attached hydrogen (secondary N) is 1. The molecule has 1 amide bonds. The van der Waals surface area contributed by atoms with Gasteiger partial charge in [0.25, 0.3) is 0 Å². The number of aromatic nitrogens is 2. The average Bonchev–Trinajstić information content (AvgIpc) is 2.86. The minimum atomic E-state index is -1.21. The Morgan fingerprint density at radius 1 is 1.06 bits per heavy atom. The molecule has 0 atom stereocenters. The number of carboxylic acid groups (broad SMARTS) is 1. The molecule has 0 bridgehead atoms. The number of para-hydroxylation sites is 1. The van der Waals surface area contributed by atoms with Gasteiger partial charge in [-0.15, -0.1) is 0 Å². The Bertz CT molecular complexity index is 1150. The predicted octanol–water partition coefficient (Wildman–Crippen LogP) is 3.69. The Labute approximate surface area is 196 Å². The molecule has 0 spiro atoms. The first-order valence-electron chi connectivity index (χ1n) is 10.8. The second-order valence-electron chi connectivity index (χ2n) is 7.29. The van der Waals surface area contributed by atoms with Gasteiger partial charge < -0.3 is 24.2 Å². The van der Waals surface area contributed by atoms with Crippen LogP contribution in [0.1, 0.15) is 17.4 Å². The van der Waals surface area contributed by atoms with Gasteiger partial charge in [-0.1, -0.05) is 18.2 Å². The fourth-order valence-electron chi connectivity index (χ4n) is 3.42. The second-order valence-corrected chi connectivity index (χ2v) is 7.29. The Morgan fingerprint density at radius 3 is 2.41 bits per heavy atom. The second kappa shape index (κ2) is 10.6. The zero-order valence-electron chi connectivity index (χ0n) is 18.6. The fraction of sp³-hybridized carbons (Fsp3) is 0.250. The van der Waals surface area contributed by atoms with E-state index in [-0.39, 0.29) is 23.9 Å². The molecule has 4 rings (SSSR count). The molecule has 1 aromatic heterocycles. The summed E-state index contributed by atoms with van der Waals surface area (Å²) in [5.41, 5.74) is 0.881. The summed E-state index contributed by atoms with van der Waals surface area (Å²) in [7, 11) is 0. The lowest BCUT2D eigenvalue weighted by Crippen LogP contribution is -2.37. The van der Waals surface area contributed by atoms with Gasteiger partial charge in [0, 0.05) is 24.3 Å². The highest BCUT2D eigenvalue weighted by atomic mass is 16.6. The Hall–Kier alpha value is -4.18. The van der Waals surface area contributed by atoms with Gasteiger partial charge in [-0.05, 0) is 43.3 Å². The maximum atomic E-state index is 12.1. The van der Waals surface area contributed by atoms with E-state index in [0.717, 1.165) is 0 Å². The van der Waals surface area contributed by atoms with Crippen molar-refractivity contribution in [3.63, 3.8) is 0 Å². The summed E-state index contributed by atoms with van der Waals surface area (Å²) in [6.07, 6.45) is -0.626. The Kier molecular flexibility index (Phi) is 7.19. The molecule has 2 N–H and O–H groups in total. The van der Waals surface area contributed by atoms with Gasteiger partial charge >= 0.3 is 12.1 Å². The number of anilines is 2. The van der Waals surface area contributed by atoms with E-state index in [1.54, 1.807) is 55.5 Å². The van der Waals surface area contributed by atoms with Crippen LogP contribution in [0.2, 0.25) is 0 Å². The molecule has 1 aliphatic rings. The number of nitrogens with zero attached hydrogens (tertiary/aromatic N) is 3. The third-order valence-corrected chi connectivity index (χ3v) is 4.99. The SMILES string of the molecule is CCOc1c(C(=O)O)nc(-c2ccc(NC(=O)Oc3ccccc3)cc2)nc1N1CCOCC1. The van der Waals surface area contributed by atoms with Gasteiger partial charge in [0.2, 0.25) is 0 Å². The number of aromatic carboxylic acids is 1. The summed E-state index contributed by atoms with van der Waals surface area (Å²) in [6, 6.07) is 15.4. The summed E-state index contributed by atoms with van der Waals surface area (Å²) < 4.78 is 16.3. The molecule has 0 saturated carbocycles. The van der Waals surface area contributed by atoms with Gasteiger partial charge in [0.1, 0.15) is 5.75 Å². The van der Waals surface area contributed by atoms with E-state index in [0.29, 0.717) is 49.1 Å². The van der Waals surface area contributed by atoms with Crippen LogP contribution in [0, 0.1) is 0 Å². The first kappa shape index (κ1) is 23.0. The monoisotopic (exact) mass is 464 g/mol. The molecular weight excluding hydrogens is 440 g/mol. The number of rotatable bonds is 7. The zero-order valence-corrected chi connectivity index (χ0v) is 18.6. The first-order chi connectivity index (χ1) is 16.5. The van der Waals surface area contributed by atoms with Crippen LogP contribution in [0.15, 0.2) is 54.6 Å². The lowest BCUT2D eigenvalue weighted by Gasteiger charge is -2.29. The van der Waals surface area contributed by atoms with Crippen LogP contribution in [0.4, 0.5) is 16.3 Å². The summed E-state index contributed by atoms with van der Waals surface area (Å²) in [6.45, 7) is 4.18. The number of hydrogen-bond donors (Lipinski definition) is 2. The van der Waals surface area contributed by atoms with Crippen molar-refractivity contribution in [2.24, 2.45) is 0 Å². The number of hydrogen-bond acceptors (Lipinski definition) is 8. The molecule has 0 radical (unpaired) electrons. The van der Waals surface area contributed by atoms with Crippen molar-refractivity contribution in [2.75, 3.05) is 43.1 Å². The van der Waals surface area contributed by atoms with E-state index in [1.807, 2.05) is 11.0 Å². The highest BCUT2D eigenvalue weighted by molar-refractivity contribution is 5.91. The van der Waals surface area contributed by atoms with Crippen LogP contribution in [-0.2, 0) is 4.74 Å². The Morgan fingerprint density at radius 2 is 1.76 bits per heavy atom. The maximum absolute atomic E-state index is 12.1. The van der Waals surface area contributed by atoms with Crippen LogP contribution >= 0.6 is 0 Å². The minimum Gasteiger partial charge on any atom is -0.488 e. The molecule has 0 unspecified atom stereocenters. The van der Waals surface area contributed by atoms with Crippen LogP contribution in [0.25, 0.3) is 11.4 Å². The number of carbonyl (C=O) groups excluding carboxylic acids is 1. The average molecular weight is 464 g/mol. The van der Waals surface area contributed by atoms with E-state index < -0.39 is 12.1 Å². The maximum Gasteiger partial charge on any atom is 0.417 e. The highest BCUT2D eigenvalue weighted by Crippen LogP contribution is 2.33. The van der Waals surface area contributed by atoms with Crippen LogP contribution in [0.5, 0.6) is 11.5 Å². The van der Waals surface area contributed by atoms with Crippen molar-refractivity contribution < 1.29 is 28.9 Å². The van der Waals surface area contributed by atoms with Crippen molar-refractivity contribution in [3.8, 4) is 22.9 Å². The van der Waals surface area contributed by atoms with Gasteiger partial charge in [-0.25, -0.2) is 19.6 Å². The molecule has 10 nitrogen and oxygen atoms in total. The largest absolute Gasteiger partial charge is 0.488 e. The molecule has 10 heteroatoms. The zero-order chi connectivity index (χ0) is 23.9. The molecule has 0 aliphatic carbocycles. The summed E-state index contributed by atoms with van der Waals surface area (Å²) in [4.78, 5) is 34.9. The molecular formula is C24H24N4O6. The number of amides is 1. The summed E-state index contributed by atoms with van der Waals surface area (Å²) in [5.74, 6) is 0.0179. The van der Waals surface area contributed by atoms with Crippen molar-refractivity contribution in [2.45, 2.75) is 6.92 Å². The normalized spacial score (nSPS) is 13.3. The molecule has 1 aliphatic heterocycles. The number of benzene rings is 2. The van der Waals surface area contributed by atoms with E-state index in [1.165, 1.54) is 0 Å². The third-order valence-electron chi connectivity index (χ3n) is 4.99. The topological polar surface area (TPSA) is 123 Å². The van der Waals surface area contributed by atoms with Gasteiger partial charge in [0.15, 0.2) is 23.1 Å². The summed E-state index contributed by atoms with van der Waals surface area (Å²) in [5, 5.41) is 12.4. The highest BCUT2D eigenvalue weighted by Gasteiger charge is 2.26. The molecule has 2 aromatic carbocycles. The first-order valence-corrected chi connectivity index (χ1v) is 10.8. The Balaban J connectivity index is 1.59. The minimum absolute atomic E-state index is 0.141.